The van der Waals surface area contributed by atoms with Crippen LogP contribution in [-0.2, 0) is 4.79 Å². The van der Waals surface area contributed by atoms with Gasteiger partial charge in [-0.15, -0.1) is 0 Å². The summed E-state index contributed by atoms with van der Waals surface area (Å²) < 4.78 is 48.5. The molecule has 1 aliphatic rings. The minimum absolute atomic E-state index is 0.0689. The summed E-state index contributed by atoms with van der Waals surface area (Å²) in [4.78, 5) is 19.7. The van der Waals surface area contributed by atoms with E-state index in [4.69, 9.17) is 18.6 Å². The van der Waals surface area contributed by atoms with E-state index in [1.807, 2.05) is 6.92 Å². The zero-order valence-corrected chi connectivity index (χ0v) is 17.9. The third kappa shape index (κ3) is 4.90. The van der Waals surface area contributed by atoms with Crippen LogP contribution in [0.3, 0.4) is 0 Å². The Bertz CT molecular complexity index is 1130. The molecule has 1 aromatic carbocycles. The number of hydrogen-bond donors (Lipinski definition) is 1. The van der Waals surface area contributed by atoms with E-state index in [9.17, 15) is 13.6 Å². The minimum atomic E-state index is -2.63. The molecule has 0 saturated heterocycles. The molecular weight excluding hydrogens is 424 g/mol. The number of rotatable bonds is 9. The second-order valence-corrected chi connectivity index (χ2v) is 7.76. The summed E-state index contributed by atoms with van der Waals surface area (Å²) in [6.07, 6.45) is 1.38. The number of hydrogen-bond acceptors (Lipinski definition) is 7. The van der Waals surface area contributed by atoms with Crippen molar-refractivity contribution in [3.8, 4) is 28.8 Å². The molecule has 32 heavy (non-hydrogen) atoms. The van der Waals surface area contributed by atoms with Gasteiger partial charge in [-0.25, -0.2) is 18.7 Å². The fourth-order valence-corrected chi connectivity index (χ4v) is 3.18. The first-order valence-electron chi connectivity index (χ1n) is 10.1. The molecule has 0 unspecified atom stereocenters. The monoisotopic (exact) mass is 447 g/mol. The average molecular weight is 447 g/mol. The Morgan fingerprint density at radius 1 is 1.31 bits per heavy atom. The highest BCUT2D eigenvalue weighted by Gasteiger charge is 2.57. The minimum Gasteiger partial charge on any atom is -0.493 e. The van der Waals surface area contributed by atoms with Crippen molar-refractivity contribution >= 4 is 17.0 Å². The van der Waals surface area contributed by atoms with Gasteiger partial charge in [0.2, 0.25) is 17.7 Å². The molecule has 8 nitrogen and oxygen atoms in total. The zero-order chi connectivity index (χ0) is 22.9. The van der Waals surface area contributed by atoms with Gasteiger partial charge in [-0.05, 0) is 25.1 Å². The van der Waals surface area contributed by atoms with Crippen LogP contribution in [0.25, 0.3) is 22.6 Å². The molecule has 10 heteroatoms. The van der Waals surface area contributed by atoms with Crippen LogP contribution in [0.2, 0.25) is 0 Å². The Morgan fingerprint density at radius 2 is 2.09 bits per heavy atom. The number of pyridine rings is 1. The molecule has 1 amide bonds. The number of halogens is 2. The molecule has 2 heterocycles. The number of ether oxygens (including phenoxy) is 3. The molecule has 1 N–H and O–H groups in total. The summed E-state index contributed by atoms with van der Waals surface area (Å²) in [5, 5.41) is 2.73. The number of carbonyl (C=O) groups excluding carboxylic acids is 1. The predicted molar refractivity (Wildman–Crippen MR) is 111 cm³/mol. The van der Waals surface area contributed by atoms with E-state index < -0.39 is 11.8 Å². The van der Waals surface area contributed by atoms with E-state index in [1.165, 1.54) is 20.2 Å². The second kappa shape index (κ2) is 8.60. The molecule has 0 aliphatic heterocycles. The number of methoxy groups -OCH3 is 1. The molecule has 0 spiro atoms. The van der Waals surface area contributed by atoms with E-state index in [2.05, 4.69) is 15.3 Å². The maximum absolute atomic E-state index is 13.1. The molecule has 0 radical (unpaired) electrons. The average Bonchev–Trinajstić information content (AvgIpc) is 3.16. The SMILES string of the molecule is COc1cc(-c2nc3cnc(OC[C@H](C)NC(C)=O)cc3o2)ccc1OC[C@@H]1CC1(F)F. The third-order valence-electron chi connectivity index (χ3n) is 4.99. The van der Waals surface area contributed by atoms with Crippen molar-refractivity contribution in [1.82, 2.24) is 15.3 Å². The highest BCUT2D eigenvalue weighted by atomic mass is 19.3. The number of aromatic nitrogens is 2. The maximum Gasteiger partial charge on any atom is 0.255 e. The largest absolute Gasteiger partial charge is 0.493 e. The lowest BCUT2D eigenvalue weighted by Gasteiger charge is -2.12. The number of carbonyl (C=O) groups is 1. The Kier molecular flexibility index (Phi) is 5.86. The van der Waals surface area contributed by atoms with Crippen molar-refractivity contribution in [2.75, 3.05) is 20.3 Å². The van der Waals surface area contributed by atoms with Crippen LogP contribution in [0.4, 0.5) is 8.78 Å². The van der Waals surface area contributed by atoms with Crippen LogP contribution in [0.5, 0.6) is 17.4 Å². The lowest BCUT2D eigenvalue weighted by atomic mass is 10.2. The third-order valence-corrected chi connectivity index (χ3v) is 4.99. The molecular formula is C22H23F2N3O5. The maximum atomic E-state index is 13.1. The first kappa shape index (κ1) is 21.8. The Morgan fingerprint density at radius 3 is 2.78 bits per heavy atom. The summed E-state index contributed by atoms with van der Waals surface area (Å²) >= 11 is 0. The highest BCUT2D eigenvalue weighted by Crippen LogP contribution is 2.49. The Balaban J connectivity index is 1.47. The molecule has 1 saturated carbocycles. The van der Waals surface area contributed by atoms with Gasteiger partial charge < -0.3 is 23.9 Å². The van der Waals surface area contributed by atoms with Gasteiger partial charge in [0.15, 0.2) is 17.1 Å². The zero-order valence-electron chi connectivity index (χ0n) is 17.9. The number of nitrogens with zero attached hydrogens (tertiary/aromatic N) is 2. The smallest absolute Gasteiger partial charge is 0.255 e. The van der Waals surface area contributed by atoms with Gasteiger partial charge in [-0.2, -0.15) is 0 Å². The van der Waals surface area contributed by atoms with Crippen LogP contribution in [0.1, 0.15) is 20.3 Å². The fraction of sp³-hybridized carbons (Fsp3) is 0.409. The van der Waals surface area contributed by atoms with E-state index >= 15 is 0 Å². The number of nitrogens with one attached hydrogen (secondary N) is 1. The van der Waals surface area contributed by atoms with Crippen LogP contribution >= 0.6 is 0 Å². The van der Waals surface area contributed by atoms with Crippen LogP contribution in [-0.4, -0.2) is 48.2 Å². The fourth-order valence-electron chi connectivity index (χ4n) is 3.18. The molecule has 0 bridgehead atoms. The van der Waals surface area contributed by atoms with E-state index in [0.29, 0.717) is 39.9 Å². The predicted octanol–water partition coefficient (Wildman–Crippen LogP) is 3.84. The van der Waals surface area contributed by atoms with Gasteiger partial charge in [0.05, 0.1) is 31.9 Å². The molecule has 170 valence electrons. The summed E-state index contributed by atoms with van der Waals surface area (Å²) in [5.74, 6) is -2.08. The van der Waals surface area contributed by atoms with Crippen molar-refractivity contribution in [1.29, 1.82) is 0 Å². The van der Waals surface area contributed by atoms with Crippen LogP contribution in [0.15, 0.2) is 34.9 Å². The van der Waals surface area contributed by atoms with E-state index in [1.54, 1.807) is 24.3 Å². The Labute approximate surface area is 182 Å². The van der Waals surface area contributed by atoms with Gasteiger partial charge in [0.25, 0.3) is 5.92 Å². The summed E-state index contributed by atoms with van der Waals surface area (Å²) in [6, 6.07) is 6.48. The van der Waals surface area contributed by atoms with Crippen molar-refractivity contribution in [3.63, 3.8) is 0 Å². The lowest BCUT2D eigenvalue weighted by Crippen LogP contribution is -2.35. The molecule has 2 aromatic heterocycles. The summed E-state index contributed by atoms with van der Waals surface area (Å²) in [7, 11) is 1.47. The van der Waals surface area contributed by atoms with Crippen molar-refractivity contribution < 1.29 is 32.2 Å². The van der Waals surface area contributed by atoms with Crippen LogP contribution in [0, 0.1) is 5.92 Å². The first-order chi connectivity index (χ1) is 15.2. The van der Waals surface area contributed by atoms with Gasteiger partial charge in [-0.1, -0.05) is 0 Å². The van der Waals surface area contributed by atoms with Crippen molar-refractivity contribution in [2.24, 2.45) is 5.92 Å². The number of fused-ring (bicyclic) bond motifs is 1. The van der Waals surface area contributed by atoms with Crippen molar-refractivity contribution in [3.05, 3.63) is 30.5 Å². The summed E-state index contributed by atoms with van der Waals surface area (Å²) in [5.41, 5.74) is 1.65. The Hall–Kier alpha value is -3.43. The number of amides is 1. The topological polar surface area (TPSA) is 95.7 Å². The van der Waals surface area contributed by atoms with Crippen LogP contribution < -0.4 is 19.5 Å². The molecule has 1 aliphatic carbocycles. The molecule has 1 fully saturated rings. The van der Waals surface area contributed by atoms with E-state index in [0.717, 1.165) is 0 Å². The normalized spacial score (nSPS) is 17.6. The van der Waals surface area contributed by atoms with Gasteiger partial charge >= 0.3 is 0 Å². The standard InChI is InChI=1S/C22H23F2N3O5/c1-12(26-13(2)28)10-31-20-7-18-16(9-25-20)27-21(32-18)14-4-5-17(19(6-14)29-3)30-11-15-8-22(15,23)24/h4-7,9,12,15H,8,10-11H2,1-3H3,(H,26,28)/t12-,15-/m0/s1. The summed E-state index contributed by atoms with van der Waals surface area (Å²) in [6.45, 7) is 3.45. The van der Waals surface area contributed by atoms with Gasteiger partial charge in [0, 0.05) is 25.0 Å². The molecule has 2 atom stereocenters. The number of benzene rings is 1. The van der Waals surface area contributed by atoms with Gasteiger partial charge in [0.1, 0.15) is 12.1 Å². The molecule has 3 aromatic rings. The lowest BCUT2D eigenvalue weighted by molar-refractivity contribution is -0.119. The number of oxazole rings is 1. The quantitative estimate of drug-likeness (QED) is 0.533. The van der Waals surface area contributed by atoms with E-state index in [-0.39, 0.29) is 31.6 Å². The van der Waals surface area contributed by atoms with Gasteiger partial charge in [-0.3, -0.25) is 4.79 Å². The second-order valence-electron chi connectivity index (χ2n) is 7.76. The highest BCUT2D eigenvalue weighted by molar-refractivity contribution is 5.76. The number of alkyl halides is 2. The first-order valence-corrected chi connectivity index (χ1v) is 10.1. The van der Waals surface area contributed by atoms with Crippen molar-refractivity contribution in [2.45, 2.75) is 32.2 Å². The molecule has 4 rings (SSSR count).